The molecule has 1 amide bonds. The smallest absolute Gasteiger partial charge is 0.354 e. The predicted molar refractivity (Wildman–Crippen MR) is 101 cm³/mol. The fourth-order valence-electron chi connectivity index (χ4n) is 2.13. The Labute approximate surface area is 157 Å². The quantitative estimate of drug-likeness (QED) is 0.601. The van der Waals surface area contributed by atoms with Crippen molar-refractivity contribution >= 4 is 29.2 Å². The zero-order valence-electron chi connectivity index (χ0n) is 15.2. The van der Waals surface area contributed by atoms with Crippen LogP contribution in [0.5, 0.6) is 0 Å². The SMILES string of the molecule is COC(=O)/C=C(/Nc1ccc(NC(=O)c2ccc(C)cc2)cc1)C(=O)OC. The largest absolute Gasteiger partial charge is 0.466 e. The first-order chi connectivity index (χ1) is 12.9. The van der Waals surface area contributed by atoms with E-state index in [4.69, 9.17) is 0 Å². The molecule has 0 atom stereocenters. The number of benzene rings is 2. The molecule has 2 aromatic rings. The molecule has 7 nitrogen and oxygen atoms in total. The van der Waals surface area contributed by atoms with E-state index >= 15 is 0 Å². The second-order valence-electron chi connectivity index (χ2n) is 5.60. The van der Waals surface area contributed by atoms with Crippen molar-refractivity contribution in [3.05, 3.63) is 71.4 Å². The normalized spacial score (nSPS) is 10.7. The molecule has 140 valence electrons. The van der Waals surface area contributed by atoms with Gasteiger partial charge in [-0.25, -0.2) is 9.59 Å². The summed E-state index contributed by atoms with van der Waals surface area (Å²) in [7, 11) is 2.41. The van der Waals surface area contributed by atoms with Crippen LogP contribution in [0.3, 0.4) is 0 Å². The second-order valence-corrected chi connectivity index (χ2v) is 5.60. The van der Waals surface area contributed by atoms with Crippen LogP contribution in [0, 0.1) is 6.92 Å². The van der Waals surface area contributed by atoms with Crippen LogP contribution in [0.4, 0.5) is 11.4 Å². The molecule has 2 N–H and O–H groups in total. The van der Waals surface area contributed by atoms with Crippen LogP contribution < -0.4 is 10.6 Å². The van der Waals surface area contributed by atoms with Crippen LogP contribution in [-0.4, -0.2) is 32.1 Å². The molecule has 0 aliphatic carbocycles. The lowest BCUT2D eigenvalue weighted by molar-refractivity contribution is -0.138. The molecule has 2 rings (SSSR count). The number of ether oxygens (including phenoxy) is 2. The average molecular weight is 368 g/mol. The summed E-state index contributed by atoms with van der Waals surface area (Å²) in [5, 5.41) is 5.57. The molecule has 7 heteroatoms. The zero-order chi connectivity index (χ0) is 19.8. The monoisotopic (exact) mass is 368 g/mol. The van der Waals surface area contributed by atoms with E-state index in [2.05, 4.69) is 20.1 Å². The van der Waals surface area contributed by atoms with Crippen molar-refractivity contribution in [1.82, 2.24) is 0 Å². The van der Waals surface area contributed by atoms with E-state index in [1.165, 1.54) is 14.2 Å². The summed E-state index contributed by atoms with van der Waals surface area (Å²) in [6.07, 6.45) is 0.999. The van der Waals surface area contributed by atoms with E-state index in [1.807, 2.05) is 19.1 Å². The Balaban J connectivity index is 2.08. The van der Waals surface area contributed by atoms with Crippen LogP contribution >= 0.6 is 0 Å². The molecular formula is C20H20N2O5. The Morgan fingerprint density at radius 1 is 0.815 bits per heavy atom. The number of aryl methyl sites for hydroxylation is 1. The van der Waals surface area contributed by atoms with Crippen molar-refractivity contribution in [2.45, 2.75) is 6.92 Å². The van der Waals surface area contributed by atoms with Gasteiger partial charge in [-0.1, -0.05) is 17.7 Å². The maximum atomic E-state index is 12.2. The van der Waals surface area contributed by atoms with E-state index in [0.29, 0.717) is 16.9 Å². The molecule has 2 aromatic carbocycles. The fraction of sp³-hybridized carbons (Fsp3) is 0.150. The van der Waals surface area contributed by atoms with Crippen LogP contribution in [0.2, 0.25) is 0 Å². The Hall–Kier alpha value is -3.61. The van der Waals surface area contributed by atoms with Crippen molar-refractivity contribution in [2.75, 3.05) is 24.9 Å². The lowest BCUT2D eigenvalue weighted by atomic mass is 10.1. The number of hydrogen-bond donors (Lipinski definition) is 2. The molecule has 0 heterocycles. The number of carbonyl (C=O) groups is 3. The maximum absolute atomic E-state index is 12.2. The minimum atomic E-state index is -0.711. The van der Waals surface area contributed by atoms with Gasteiger partial charge in [0, 0.05) is 16.9 Å². The van der Waals surface area contributed by atoms with Crippen molar-refractivity contribution < 1.29 is 23.9 Å². The van der Waals surface area contributed by atoms with Gasteiger partial charge in [0.05, 0.1) is 20.3 Å². The van der Waals surface area contributed by atoms with Gasteiger partial charge < -0.3 is 20.1 Å². The van der Waals surface area contributed by atoms with Gasteiger partial charge in [0.2, 0.25) is 0 Å². The molecule has 0 unspecified atom stereocenters. The van der Waals surface area contributed by atoms with Crippen LogP contribution in [0.25, 0.3) is 0 Å². The summed E-state index contributed by atoms with van der Waals surface area (Å²) in [4.78, 5) is 35.3. The minimum Gasteiger partial charge on any atom is -0.466 e. The average Bonchev–Trinajstić information content (AvgIpc) is 2.68. The van der Waals surface area contributed by atoms with Crippen LogP contribution in [-0.2, 0) is 19.1 Å². The van der Waals surface area contributed by atoms with Crippen LogP contribution in [0.1, 0.15) is 15.9 Å². The third-order valence-electron chi connectivity index (χ3n) is 3.60. The molecular weight excluding hydrogens is 348 g/mol. The summed E-state index contributed by atoms with van der Waals surface area (Å²) in [6, 6.07) is 13.9. The number of nitrogens with one attached hydrogen (secondary N) is 2. The van der Waals surface area contributed by atoms with Crippen LogP contribution in [0.15, 0.2) is 60.3 Å². The minimum absolute atomic E-state index is 0.0687. The summed E-state index contributed by atoms with van der Waals surface area (Å²) in [5.74, 6) is -1.63. The number of rotatable bonds is 6. The fourth-order valence-corrected chi connectivity index (χ4v) is 2.13. The first-order valence-corrected chi connectivity index (χ1v) is 8.06. The standard InChI is InChI=1S/C20H20N2O5/c1-13-4-6-14(7-5-13)19(24)22-16-10-8-15(9-11-16)21-17(20(25)27-3)12-18(23)26-2/h4-12,21H,1-3H3,(H,22,24)/b17-12+. The van der Waals surface area contributed by atoms with Crippen molar-refractivity contribution in [1.29, 1.82) is 0 Å². The lowest BCUT2D eigenvalue weighted by Gasteiger charge is -2.10. The first kappa shape index (κ1) is 19.7. The number of hydrogen-bond acceptors (Lipinski definition) is 6. The summed E-state index contributed by atoms with van der Waals surface area (Å²) in [6.45, 7) is 1.95. The highest BCUT2D eigenvalue weighted by molar-refractivity contribution is 6.04. The highest BCUT2D eigenvalue weighted by atomic mass is 16.5. The van der Waals surface area contributed by atoms with Gasteiger partial charge in [0.15, 0.2) is 0 Å². The van der Waals surface area contributed by atoms with E-state index in [1.54, 1.807) is 36.4 Å². The van der Waals surface area contributed by atoms with E-state index in [-0.39, 0.29) is 11.6 Å². The number of anilines is 2. The highest BCUT2D eigenvalue weighted by Crippen LogP contribution is 2.17. The molecule has 0 bridgehead atoms. The van der Waals surface area contributed by atoms with Gasteiger partial charge in [-0.05, 0) is 43.3 Å². The first-order valence-electron chi connectivity index (χ1n) is 8.06. The molecule has 0 saturated heterocycles. The molecule has 0 saturated carbocycles. The van der Waals surface area contributed by atoms with E-state index in [0.717, 1.165) is 11.6 Å². The maximum Gasteiger partial charge on any atom is 0.354 e. The Morgan fingerprint density at radius 3 is 1.89 bits per heavy atom. The topological polar surface area (TPSA) is 93.7 Å². The third-order valence-corrected chi connectivity index (χ3v) is 3.60. The van der Waals surface area contributed by atoms with Gasteiger partial charge in [0.25, 0.3) is 5.91 Å². The van der Waals surface area contributed by atoms with Crippen molar-refractivity contribution in [2.24, 2.45) is 0 Å². The Morgan fingerprint density at radius 2 is 1.37 bits per heavy atom. The molecule has 0 radical (unpaired) electrons. The predicted octanol–water partition coefficient (Wildman–Crippen LogP) is 2.89. The number of carbonyl (C=O) groups excluding carboxylic acids is 3. The Kier molecular flexibility index (Phi) is 6.71. The van der Waals surface area contributed by atoms with Gasteiger partial charge >= 0.3 is 11.9 Å². The molecule has 0 spiro atoms. The summed E-state index contributed by atoms with van der Waals surface area (Å²) < 4.78 is 9.14. The number of esters is 2. The van der Waals surface area contributed by atoms with Crippen molar-refractivity contribution in [3.8, 4) is 0 Å². The van der Waals surface area contributed by atoms with E-state index < -0.39 is 11.9 Å². The van der Waals surface area contributed by atoms with Gasteiger partial charge in [-0.3, -0.25) is 4.79 Å². The third kappa shape index (κ3) is 5.71. The van der Waals surface area contributed by atoms with Gasteiger partial charge in [0.1, 0.15) is 5.70 Å². The highest BCUT2D eigenvalue weighted by Gasteiger charge is 2.13. The van der Waals surface area contributed by atoms with E-state index in [9.17, 15) is 14.4 Å². The lowest BCUT2D eigenvalue weighted by Crippen LogP contribution is -2.15. The molecule has 0 aromatic heterocycles. The van der Waals surface area contributed by atoms with Crippen molar-refractivity contribution in [3.63, 3.8) is 0 Å². The molecule has 0 aliphatic heterocycles. The summed E-state index contributed by atoms with van der Waals surface area (Å²) >= 11 is 0. The number of amides is 1. The Bertz CT molecular complexity index is 855. The summed E-state index contributed by atoms with van der Waals surface area (Å²) in [5.41, 5.74) is 2.67. The molecule has 27 heavy (non-hydrogen) atoms. The molecule has 0 fully saturated rings. The van der Waals surface area contributed by atoms with Gasteiger partial charge in [-0.2, -0.15) is 0 Å². The van der Waals surface area contributed by atoms with Gasteiger partial charge in [-0.15, -0.1) is 0 Å². The second kappa shape index (κ2) is 9.19. The number of methoxy groups -OCH3 is 2. The zero-order valence-corrected chi connectivity index (χ0v) is 15.2. The molecule has 0 aliphatic rings.